The van der Waals surface area contributed by atoms with Crippen LogP contribution in [0.1, 0.15) is 53.6 Å². The highest BCUT2D eigenvalue weighted by atomic mass is 16.4. The molecule has 134 valence electrons. The molecule has 0 atom stereocenters. The van der Waals surface area contributed by atoms with Crippen LogP contribution in [-0.4, -0.2) is 47.1 Å². The lowest BCUT2D eigenvalue weighted by Crippen LogP contribution is -2.55. The molecule has 1 aromatic carbocycles. The number of benzene rings is 1. The predicted octanol–water partition coefficient (Wildman–Crippen LogP) is 2.23. The zero-order valence-electron chi connectivity index (χ0n) is 14.5. The maximum Gasteiger partial charge on any atom is 0.317 e. The molecule has 0 bridgehead atoms. The highest BCUT2D eigenvalue weighted by Crippen LogP contribution is 2.34. The van der Waals surface area contributed by atoms with E-state index in [1.807, 2.05) is 12.1 Å². The number of aryl methyl sites for hydroxylation is 1. The van der Waals surface area contributed by atoms with Crippen molar-refractivity contribution >= 4 is 11.9 Å². The van der Waals surface area contributed by atoms with Crippen LogP contribution in [0.5, 0.6) is 0 Å². The molecule has 4 rings (SSSR count). The Morgan fingerprint density at radius 3 is 2.72 bits per heavy atom. The molecule has 2 saturated carbocycles. The second kappa shape index (κ2) is 6.79. The molecule has 5 heteroatoms. The van der Waals surface area contributed by atoms with Gasteiger partial charge in [-0.2, -0.15) is 0 Å². The molecule has 0 unspecified atom stereocenters. The molecule has 3 aliphatic carbocycles. The highest BCUT2D eigenvalue weighted by Gasteiger charge is 2.38. The summed E-state index contributed by atoms with van der Waals surface area (Å²) in [5, 5.41) is 12.3. The van der Waals surface area contributed by atoms with Gasteiger partial charge in [-0.05, 0) is 68.1 Å². The van der Waals surface area contributed by atoms with Gasteiger partial charge in [-0.3, -0.25) is 14.5 Å². The van der Waals surface area contributed by atoms with Gasteiger partial charge in [-0.25, -0.2) is 0 Å². The van der Waals surface area contributed by atoms with E-state index in [0.29, 0.717) is 12.0 Å². The van der Waals surface area contributed by atoms with E-state index < -0.39 is 5.97 Å². The summed E-state index contributed by atoms with van der Waals surface area (Å²) in [6.07, 6.45) is 7.38. The molecule has 0 heterocycles. The topological polar surface area (TPSA) is 69.6 Å². The molecule has 0 aromatic heterocycles. The predicted molar refractivity (Wildman–Crippen MR) is 94.7 cm³/mol. The Balaban J connectivity index is 1.32. The van der Waals surface area contributed by atoms with E-state index in [9.17, 15) is 9.59 Å². The van der Waals surface area contributed by atoms with E-state index in [0.717, 1.165) is 44.2 Å². The summed E-state index contributed by atoms with van der Waals surface area (Å²) in [5.41, 5.74) is 3.37. The summed E-state index contributed by atoms with van der Waals surface area (Å²) in [5.74, 6) is -0.0398. The first-order valence-corrected chi connectivity index (χ1v) is 9.47. The van der Waals surface area contributed by atoms with Crippen molar-refractivity contribution in [3.8, 4) is 0 Å². The molecule has 1 aromatic rings. The number of hydrogen-bond acceptors (Lipinski definition) is 3. The van der Waals surface area contributed by atoms with Gasteiger partial charge in [0.2, 0.25) is 0 Å². The van der Waals surface area contributed by atoms with E-state index in [1.165, 1.54) is 24.0 Å². The van der Waals surface area contributed by atoms with Crippen molar-refractivity contribution < 1.29 is 14.7 Å². The second-order valence-electron chi connectivity index (χ2n) is 7.86. The molecule has 0 radical (unpaired) electrons. The normalized spacial score (nSPS) is 24.7. The zero-order valence-corrected chi connectivity index (χ0v) is 14.5. The fraction of sp³-hybridized carbons (Fsp3) is 0.600. The van der Waals surface area contributed by atoms with Crippen LogP contribution in [0.4, 0.5) is 0 Å². The van der Waals surface area contributed by atoms with Gasteiger partial charge < -0.3 is 10.4 Å². The van der Waals surface area contributed by atoms with Gasteiger partial charge in [-0.1, -0.05) is 12.1 Å². The lowest BCUT2D eigenvalue weighted by molar-refractivity contribution is -0.139. The van der Waals surface area contributed by atoms with Gasteiger partial charge in [0, 0.05) is 24.2 Å². The maximum absolute atomic E-state index is 12.6. The van der Waals surface area contributed by atoms with E-state index in [1.54, 1.807) is 0 Å². The molecule has 2 N–H and O–H groups in total. The van der Waals surface area contributed by atoms with Crippen LogP contribution in [0.3, 0.4) is 0 Å². The number of rotatable bonds is 7. The third-order valence-electron chi connectivity index (χ3n) is 5.88. The third-order valence-corrected chi connectivity index (χ3v) is 5.88. The fourth-order valence-corrected chi connectivity index (χ4v) is 4.25. The van der Waals surface area contributed by atoms with Crippen LogP contribution in [0.2, 0.25) is 0 Å². The van der Waals surface area contributed by atoms with E-state index in [2.05, 4.69) is 16.3 Å². The quantitative estimate of drug-likeness (QED) is 0.797. The Bertz CT molecular complexity index is 678. The summed E-state index contributed by atoms with van der Waals surface area (Å²) >= 11 is 0. The molecule has 0 aliphatic heterocycles. The number of amides is 1. The molecule has 0 spiro atoms. The van der Waals surface area contributed by atoms with E-state index in [-0.39, 0.29) is 18.5 Å². The average Bonchev–Trinajstić information content (AvgIpc) is 3.21. The Morgan fingerprint density at radius 1 is 1.20 bits per heavy atom. The molecule has 1 amide bonds. The van der Waals surface area contributed by atoms with Crippen LogP contribution < -0.4 is 5.32 Å². The van der Waals surface area contributed by atoms with Gasteiger partial charge in [0.15, 0.2) is 0 Å². The monoisotopic (exact) mass is 342 g/mol. The van der Waals surface area contributed by atoms with Crippen LogP contribution in [-0.2, 0) is 17.6 Å². The number of carbonyl (C=O) groups excluding carboxylic acids is 1. The molecular weight excluding hydrogens is 316 g/mol. The van der Waals surface area contributed by atoms with Crippen molar-refractivity contribution in [1.29, 1.82) is 0 Å². The van der Waals surface area contributed by atoms with E-state index in [4.69, 9.17) is 5.11 Å². The Kier molecular flexibility index (Phi) is 4.50. The van der Waals surface area contributed by atoms with Gasteiger partial charge in [0.05, 0.1) is 6.54 Å². The summed E-state index contributed by atoms with van der Waals surface area (Å²) in [4.78, 5) is 25.8. The largest absolute Gasteiger partial charge is 0.480 e. The first kappa shape index (κ1) is 16.6. The first-order chi connectivity index (χ1) is 12.1. The SMILES string of the molecule is O=C(O)CN(CC1CC1)C1CC(NC(=O)c2cccc3c2CCC3)C1. The Morgan fingerprint density at radius 2 is 2.00 bits per heavy atom. The third kappa shape index (κ3) is 3.71. The summed E-state index contributed by atoms with van der Waals surface area (Å²) < 4.78 is 0. The summed E-state index contributed by atoms with van der Waals surface area (Å²) in [6.45, 7) is 1.01. The van der Waals surface area contributed by atoms with Crippen molar-refractivity contribution in [3.05, 3.63) is 34.9 Å². The Labute approximate surface area is 148 Å². The maximum atomic E-state index is 12.6. The van der Waals surface area contributed by atoms with Crippen molar-refractivity contribution in [2.75, 3.05) is 13.1 Å². The number of carboxylic acid groups (broad SMARTS) is 1. The van der Waals surface area contributed by atoms with Gasteiger partial charge in [0.25, 0.3) is 5.91 Å². The summed E-state index contributed by atoms with van der Waals surface area (Å²) in [6, 6.07) is 6.50. The lowest BCUT2D eigenvalue weighted by Gasteiger charge is -2.42. The average molecular weight is 342 g/mol. The van der Waals surface area contributed by atoms with Crippen molar-refractivity contribution in [2.24, 2.45) is 5.92 Å². The standard InChI is InChI=1S/C20H26N2O3/c23-19(24)12-22(11-13-7-8-13)16-9-15(10-16)21-20(25)18-6-2-4-14-3-1-5-17(14)18/h2,4,6,13,15-16H,1,3,5,7-12H2,(H,21,25)(H,23,24). The fourth-order valence-electron chi connectivity index (χ4n) is 4.25. The van der Waals surface area contributed by atoms with Gasteiger partial charge in [-0.15, -0.1) is 0 Å². The van der Waals surface area contributed by atoms with Crippen molar-refractivity contribution in [3.63, 3.8) is 0 Å². The van der Waals surface area contributed by atoms with Crippen LogP contribution >= 0.6 is 0 Å². The minimum Gasteiger partial charge on any atom is -0.480 e. The Hall–Kier alpha value is -1.88. The number of nitrogens with one attached hydrogen (secondary N) is 1. The number of aliphatic carboxylic acids is 1. The zero-order chi connectivity index (χ0) is 17.4. The van der Waals surface area contributed by atoms with Crippen LogP contribution in [0.25, 0.3) is 0 Å². The minimum atomic E-state index is -0.756. The number of hydrogen-bond donors (Lipinski definition) is 2. The second-order valence-corrected chi connectivity index (χ2v) is 7.86. The molecule has 2 fully saturated rings. The number of nitrogens with zero attached hydrogens (tertiary/aromatic N) is 1. The lowest BCUT2D eigenvalue weighted by atomic mass is 9.84. The first-order valence-electron chi connectivity index (χ1n) is 9.47. The number of fused-ring (bicyclic) bond motifs is 1. The highest BCUT2D eigenvalue weighted by molar-refractivity contribution is 5.96. The van der Waals surface area contributed by atoms with Gasteiger partial charge >= 0.3 is 5.97 Å². The number of carboxylic acids is 1. The molecular formula is C20H26N2O3. The molecule has 3 aliphatic rings. The van der Waals surface area contributed by atoms with Crippen molar-refractivity contribution in [2.45, 2.75) is 57.0 Å². The molecule has 25 heavy (non-hydrogen) atoms. The van der Waals surface area contributed by atoms with Crippen LogP contribution in [0, 0.1) is 5.92 Å². The molecule has 0 saturated heterocycles. The molecule has 5 nitrogen and oxygen atoms in total. The smallest absolute Gasteiger partial charge is 0.317 e. The number of carbonyl (C=O) groups is 2. The van der Waals surface area contributed by atoms with Gasteiger partial charge in [0.1, 0.15) is 0 Å². The van der Waals surface area contributed by atoms with E-state index >= 15 is 0 Å². The van der Waals surface area contributed by atoms with Crippen LogP contribution in [0.15, 0.2) is 18.2 Å². The minimum absolute atomic E-state index is 0.0363. The van der Waals surface area contributed by atoms with Crippen molar-refractivity contribution in [1.82, 2.24) is 10.2 Å². The summed E-state index contributed by atoms with van der Waals surface area (Å²) in [7, 11) is 0.